The fourth-order valence-electron chi connectivity index (χ4n) is 4.54. The van der Waals surface area contributed by atoms with Crippen molar-refractivity contribution in [3.63, 3.8) is 0 Å². The fraction of sp³-hybridized carbons (Fsp3) is 0.250. The largest absolute Gasteiger partial charge is 0.379 e. The number of carbonyl (C=O) groups excluding carboxylic acids is 4. The van der Waals surface area contributed by atoms with E-state index in [1.54, 1.807) is 18.1 Å². The molecule has 4 N–H and O–H groups in total. The Morgan fingerprint density at radius 1 is 1.11 bits per heavy atom. The van der Waals surface area contributed by atoms with Crippen molar-refractivity contribution in [2.24, 2.45) is 5.92 Å². The van der Waals surface area contributed by atoms with Crippen LogP contribution in [0.4, 0.5) is 4.39 Å². The van der Waals surface area contributed by atoms with E-state index < -0.39 is 23.8 Å². The first-order valence-corrected chi connectivity index (χ1v) is 11.9. The molecule has 1 aliphatic heterocycles. The molecule has 8 nitrogen and oxygen atoms in total. The number of fused-ring (bicyclic) bond motifs is 1. The van der Waals surface area contributed by atoms with Gasteiger partial charge in [-0.15, -0.1) is 0 Å². The van der Waals surface area contributed by atoms with E-state index >= 15 is 0 Å². The van der Waals surface area contributed by atoms with Crippen molar-refractivity contribution in [3.05, 3.63) is 89.1 Å². The number of aromatic nitrogens is 1. The lowest BCUT2D eigenvalue weighted by Gasteiger charge is -2.25. The predicted octanol–water partition coefficient (Wildman–Crippen LogP) is 2.42. The second-order valence-corrected chi connectivity index (χ2v) is 8.82. The van der Waals surface area contributed by atoms with E-state index in [0.717, 1.165) is 5.56 Å². The van der Waals surface area contributed by atoms with Gasteiger partial charge in [0, 0.05) is 23.9 Å². The number of allylic oxidation sites excluding steroid dienone is 1. The van der Waals surface area contributed by atoms with Gasteiger partial charge in [0.05, 0.1) is 23.3 Å². The van der Waals surface area contributed by atoms with Crippen molar-refractivity contribution in [2.75, 3.05) is 6.54 Å². The number of nitrogens with one attached hydrogen (secondary N) is 4. The standard InChI is InChI=1S/C28H25FN4O4/c29-22-8-4-7-20-15-24(32-27(20)22)28(37)33-23(13-18-5-2-1-3-6-18)26(17-36)31-21(10-12-34)14-19-9-11-30-25(19)16-35/h1-8,10,15,19,21,23,30-32H,9,11,13-14H2,(H,33,37)/t19-,21+,23-/m0/s1. The number of para-hydroxylation sites is 1. The summed E-state index contributed by atoms with van der Waals surface area (Å²) in [6.07, 6.45) is 2.50. The van der Waals surface area contributed by atoms with E-state index in [4.69, 9.17) is 0 Å². The molecule has 188 valence electrons. The molecule has 0 aliphatic carbocycles. The van der Waals surface area contributed by atoms with Crippen LogP contribution in [-0.4, -0.2) is 47.3 Å². The van der Waals surface area contributed by atoms with Gasteiger partial charge in [-0.05, 0) is 37.0 Å². The highest BCUT2D eigenvalue weighted by Gasteiger charge is 2.27. The first-order valence-electron chi connectivity index (χ1n) is 11.9. The Morgan fingerprint density at radius 2 is 1.92 bits per heavy atom. The average Bonchev–Trinajstić information content (AvgIpc) is 3.55. The SMILES string of the molecule is O=C=C[C@H](C[C@@H]1CCNC1=C=O)NC(=C=O)[C@H](Cc1ccccc1)NC(=O)c1cc2cccc(F)c2[nH]1. The molecule has 37 heavy (non-hydrogen) atoms. The number of benzene rings is 2. The number of aromatic amines is 1. The zero-order valence-electron chi connectivity index (χ0n) is 19.8. The summed E-state index contributed by atoms with van der Waals surface area (Å²) in [5.74, 6) is 4.31. The molecule has 0 unspecified atom stereocenters. The number of carbonyl (C=O) groups is 1. The lowest BCUT2D eigenvalue weighted by atomic mass is 9.95. The van der Waals surface area contributed by atoms with Gasteiger partial charge in [-0.2, -0.15) is 0 Å². The van der Waals surface area contributed by atoms with Crippen LogP contribution in [0.2, 0.25) is 0 Å². The molecule has 1 saturated heterocycles. The number of halogens is 1. The second-order valence-electron chi connectivity index (χ2n) is 8.82. The van der Waals surface area contributed by atoms with Crippen LogP contribution in [-0.2, 0) is 20.8 Å². The van der Waals surface area contributed by atoms with Crippen molar-refractivity contribution >= 4 is 34.6 Å². The molecule has 0 radical (unpaired) electrons. The van der Waals surface area contributed by atoms with Gasteiger partial charge < -0.3 is 20.9 Å². The minimum Gasteiger partial charge on any atom is -0.379 e. The quantitative estimate of drug-likeness (QED) is 0.318. The minimum absolute atomic E-state index is 0.0265. The van der Waals surface area contributed by atoms with E-state index in [9.17, 15) is 23.6 Å². The summed E-state index contributed by atoms with van der Waals surface area (Å²) >= 11 is 0. The molecule has 3 atom stereocenters. The highest BCUT2D eigenvalue weighted by molar-refractivity contribution is 5.98. The molecule has 9 heteroatoms. The van der Waals surface area contributed by atoms with Gasteiger partial charge in [0.15, 0.2) is 0 Å². The molecular weight excluding hydrogens is 475 g/mol. The Hall–Kier alpha value is -4.67. The molecular formula is C28H25FN4O4. The summed E-state index contributed by atoms with van der Waals surface area (Å²) in [5, 5.41) is 9.34. The summed E-state index contributed by atoms with van der Waals surface area (Å²) in [6.45, 7) is 0.612. The summed E-state index contributed by atoms with van der Waals surface area (Å²) < 4.78 is 14.1. The Labute approximate surface area is 212 Å². The third kappa shape index (κ3) is 6.13. The topological polar surface area (TPSA) is 120 Å². The highest BCUT2D eigenvalue weighted by Crippen LogP contribution is 2.23. The third-order valence-electron chi connectivity index (χ3n) is 6.37. The van der Waals surface area contributed by atoms with Crippen molar-refractivity contribution in [3.8, 4) is 0 Å². The predicted molar refractivity (Wildman–Crippen MR) is 136 cm³/mol. The van der Waals surface area contributed by atoms with Crippen LogP contribution in [0.25, 0.3) is 10.9 Å². The molecule has 1 aromatic heterocycles. The van der Waals surface area contributed by atoms with Gasteiger partial charge in [0.25, 0.3) is 5.91 Å². The van der Waals surface area contributed by atoms with E-state index in [-0.39, 0.29) is 29.2 Å². The van der Waals surface area contributed by atoms with E-state index in [0.29, 0.717) is 30.5 Å². The van der Waals surface area contributed by atoms with Gasteiger partial charge in [-0.3, -0.25) is 4.79 Å². The van der Waals surface area contributed by atoms with Gasteiger partial charge in [0.2, 0.25) is 0 Å². The van der Waals surface area contributed by atoms with Crippen LogP contribution in [0, 0.1) is 11.7 Å². The minimum atomic E-state index is -0.839. The van der Waals surface area contributed by atoms with E-state index in [1.165, 1.54) is 18.2 Å². The van der Waals surface area contributed by atoms with Crippen LogP contribution in [0.5, 0.6) is 0 Å². The molecule has 2 aromatic carbocycles. The highest BCUT2D eigenvalue weighted by atomic mass is 19.1. The Balaban J connectivity index is 1.59. The van der Waals surface area contributed by atoms with E-state index in [1.807, 2.05) is 42.2 Å². The molecule has 2 heterocycles. The van der Waals surface area contributed by atoms with Crippen LogP contribution in [0.3, 0.4) is 0 Å². The first-order chi connectivity index (χ1) is 18.0. The van der Waals surface area contributed by atoms with Crippen molar-refractivity contribution in [1.29, 1.82) is 0 Å². The van der Waals surface area contributed by atoms with Gasteiger partial charge >= 0.3 is 0 Å². The number of H-pyrrole nitrogens is 1. The average molecular weight is 501 g/mol. The summed E-state index contributed by atoms with van der Waals surface area (Å²) in [7, 11) is 0. The van der Waals surface area contributed by atoms with Crippen LogP contribution in [0.15, 0.2) is 72.1 Å². The molecule has 1 amide bonds. The lowest BCUT2D eigenvalue weighted by molar-refractivity contribution is 0.0937. The maximum absolute atomic E-state index is 14.1. The molecule has 3 aromatic rings. The lowest BCUT2D eigenvalue weighted by Crippen LogP contribution is -2.45. The Morgan fingerprint density at radius 3 is 2.62 bits per heavy atom. The van der Waals surface area contributed by atoms with Crippen LogP contribution < -0.4 is 16.0 Å². The van der Waals surface area contributed by atoms with Crippen molar-refractivity contribution in [2.45, 2.75) is 31.3 Å². The van der Waals surface area contributed by atoms with Crippen LogP contribution >= 0.6 is 0 Å². The molecule has 0 spiro atoms. The number of rotatable bonds is 10. The Bertz CT molecular complexity index is 1430. The molecule has 4 rings (SSSR count). The van der Waals surface area contributed by atoms with Gasteiger partial charge in [-0.1, -0.05) is 42.5 Å². The first kappa shape index (κ1) is 25.4. The van der Waals surface area contributed by atoms with E-state index in [2.05, 4.69) is 20.9 Å². The fourth-order valence-corrected chi connectivity index (χ4v) is 4.54. The van der Waals surface area contributed by atoms with Crippen molar-refractivity contribution < 1.29 is 23.6 Å². The number of hydrogen-bond acceptors (Lipinski definition) is 6. The summed E-state index contributed by atoms with van der Waals surface area (Å²) in [4.78, 5) is 50.5. The molecule has 0 bridgehead atoms. The monoisotopic (exact) mass is 500 g/mol. The van der Waals surface area contributed by atoms with Gasteiger partial charge in [-0.25, -0.2) is 18.8 Å². The molecule has 1 fully saturated rings. The summed E-state index contributed by atoms with van der Waals surface area (Å²) in [6, 6.07) is 13.8. The normalized spacial score (nSPS) is 16.0. The summed E-state index contributed by atoms with van der Waals surface area (Å²) in [5.41, 5.74) is 1.63. The maximum atomic E-state index is 14.1. The van der Waals surface area contributed by atoms with Crippen molar-refractivity contribution in [1.82, 2.24) is 20.9 Å². The smallest absolute Gasteiger partial charge is 0.268 e. The third-order valence-corrected chi connectivity index (χ3v) is 6.37. The number of hydrogen-bond donors (Lipinski definition) is 4. The molecule has 0 saturated carbocycles. The molecule has 1 aliphatic rings. The van der Waals surface area contributed by atoms with Crippen LogP contribution in [0.1, 0.15) is 28.9 Å². The second kappa shape index (κ2) is 11.8. The zero-order chi connectivity index (χ0) is 26.2. The number of amides is 1. The maximum Gasteiger partial charge on any atom is 0.268 e. The van der Waals surface area contributed by atoms with Gasteiger partial charge in [0.1, 0.15) is 35.0 Å². The Kier molecular flexibility index (Phi) is 8.14. The zero-order valence-corrected chi connectivity index (χ0v) is 19.8.